The number of hydrogen-bond donors (Lipinski definition) is 0. The van der Waals surface area contributed by atoms with Crippen molar-refractivity contribution in [2.75, 3.05) is 6.61 Å². The lowest BCUT2D eigenvalue weighted by atomic mass is 10.0. The largest absolute Gasteiger partial charge is 0.465 e. The van der Waals surface area contributed by atoms with Crippen LogP contribution in [0, 0.1) is 5.92 Å². The molecule has 0 aliphatic rings. The van der Waals surface area contributed by atoms with Gasteiger partial charge in [0.05, 0.1) is 5.92 Å². The molecule has 0 radical (unpaired) electrons. The number of benzene rings is 1. The lowest BCUT2D eigenvalue weighted by molar-refractivity contribution is -0.164. The SMILES string of the molecule is CC(=O)OC[C@H](CCC(=O)OCc1ccccc1)C(=O)OC(C)(C)C. The monoisotopic (exact) mass is 350 g/mol. The molecule has 6 nitrogen and oxygen atoms in total. The highest BCUT2D eigenvalue weighted by Crippen LogP contribution is 2.16. The lowest BCUT2D eigenvalue weighted by Crippen LogP contribution is -2.31. The smallest absolute Gasteiger partial charge is 0.312 e. The number of carbonyl (C=O) groups excluding carboxylic acids is 3. The molecule has 0 N–H and O–H groups in total. The lowest BCUT2D eigenvalue weighted by Gasteiger charge is -2.23. The Balaban J connectivity index is 2.50. The van der Waals surface area contributed by atoms with Gasteiger partial charge in [0.1, 0.15) is 18.8 Å². The van der Waals surface area contributed by atoms with Crippen molar-refractivity contribution in [1.29, 1.82) is 0 Å². The standard InChI is InChI=1S/C19H26O6/c1-14(20)23-13-16(18(22)25-19(2,3)4)10-11-17(21)24-12-15-8-6-5-7-9-15/h5-9,16H,10-13H2,1-4H3/t16-/m0/s1. The van der Waals surface area contributed by atoms with E-state index in [4.69, 9.17) is 14.2 Å². The second-order valence-electron chi connectivity index (χ2n) is 6.72. The molecular formula is C19H26O6. The molecule has 1 atom stereocenters. The molecule has 0 spiro atoms. The van der Waals surface area contributed by atoms with Gasteiger partial charge in [-0.3, -0.25) is 14.4 Å². The number of carbonyl (C=O) groups is 3. The van der Waals surface area contributed by atoms with Gasteiger partial charge in [0.25, 0.3) is 0 Å². The summed E-state index contributed by atoms with van der Waals surface area (Å²) in [7, 11) is 0. The van der Waals surface area contributed by atoms with Crippen LogP contribution in [0.5, 0.6) is 0 Å². The van der Waals surface area contributed by atoms with Crippen molar-refractivity contribution >= 4 is 17.9 Å². The van der Waals surface area contributed by atoms with Crippen molar-refractivity contribution in [2.45, 2.75) is 52.7 Å². The van der Waals surface area contributed by atoms with E-state index in [1.165, 1.54) is 6.92 Å². The van der Waals surface area contributed by atoms with Crippen molar-refractivity contribution in [1.82, 2.24) is 0 Å². The summed E-state index contributed by atoms with van der Waals surface area (Å²) in [5.41, 5.74) is 0.235. The minimum atomic E-state index is -0.701. The maximum atomic E-state index is 12.2. The number of hydrogen-bond acceptors (Lipinski definition) is 6. The van der Waals surface area contributed by atoms with Crippen LogP contribution in [0.4, 0.5) is 0 Å². The molecule has 0 bridgehead atoms. The topological polar surface area (TPSA) is 78.9 Å². The molecule has 0 aromatic heterocycles. The number of esters is 3. The minimum Gasteiger partial charge on any atom is -0.465 e. The van der Waals surface area contributed by atoms with Crippen molar-refractivity contribution in [3.05, 3.63) is 35.9 Å². The van der Waals surface area contributed by atoms with Gasteiger partial charge >= 0.3 is 17.9 Å². The summed E-state index contributed by atoms with van der Waals surface area (Å²) < 4.78 is 15.4. The van der Waals surface area contributed by atoms with Gasteiger partial charge in [0.15, 0.2) is 0 Å². The van der Waals surface area contributed by atoms with Gasteiger partial charge in [-0.1, -0.05) is 30.3 Å². The van der Waals surface area contributed by atoms with Crippen LogP contribution in [0.1, 0.15) is 46.1 Å². The van der Waals surface area contributed by atoms with Gasteiger partial charge in [-0.15, -0.1) is 0 Å². The van der Waals surface area contributed by atoms with Crippen LogP contribution in [-0.2, 0) is 35.2 Å². The Kier molecular flexibility index (Phi) is 8.11. The fourth-order valence-electron chi connectivity index (χ4n) is 1.97. The Bertz CT molecular complexity index is 573. The molecule has 0 saturated carbocycles. The molecule has 0 aliphatic carbocycles. The van der Waals surface area contributed by atoms with E-state index in [0.29, 0.717) is 0 Å². The highest BCUT2D eigenvalue weighted by atomic mass is 16.6. The molecule has 0 saturated heterocycles. The molecule has 0 unspecified atom stereocenters. The molecule has 0 amide bonds. The minimum absolute atomic E-state index is 0.0397. The highest BCUT2D eigenvalue weighted by molar-refractivity contribution is 5.75. The zero-order valence-electron chi connectivity index (χ0n) is 15.2. The molecule has 1 rings (SSSR count). The van der Waals surface area contributed by atoms with E-state index in [1.54, 1.807) is 20.8 Å². The van der Waals surface area contributed by atoms with E-state index in [2.05, 4.69) is 0 Å². The predicted octanol–water partition coefficient (Wildman–Crippen LogP) is 3.03. The summed E-state index contributed by atoms with van der Waals surface area (Å²) in [5, 5.41) is 0. The highest BCUT2D eigenvalue weighted by Gasteiger charge is 2.27. The summed E-state index contributed by atoms with van der Waals surface area (Å²) in [6, 6.07) is 9.32. The third-order valence-electron chi connectivity index (χ3n) is 3.17. The van der Waals surface area contributed by atoms with E-state index >= 15 is 0 Å². The first-order chi connectivity index (χ1) is 11.7. The summed E-state index contributed by atoms with van der Waals surface area (Å²) in [6.07, 6.45) is 0.230. The normalized spacial score (nSPS) is 12.2. The fraction of sp³-hybridized carbons (Fsp3) is 0.526. The van der Waals surface area contributed by atoms with Crippen LogP contribution in [0.15, 0.2) is 30.3 Å². The average molecular weight is 350 g/mol. The van der Waals surface area contributed by atoms with Gasteiger partial charge in [0, 0.05) is 13.3 Å². The van der Waals surface area contributed by atoms with Crippen LogP contribution in [0.2, 0.25) is 0 Å². The van der Waals surface area contributed by atoms with Crippen molar-refractivity contribution < 1.29 is 28.6 Å². The second-order valence-corrected chi connectivity index (χ2v) is 6.72. The molecule has 0 aliphatic heterocycles. The Morgan fingerprint density at radius 3 is 2.24 bits per heavy atom. The Labute approximate surface area is 148 Å². The van der Waals surface area contributed by atoms with E-state index in [9.17, 15) is 14.4 Å². The summed E-state index contributed by atoms with van der Waals surface area (Å²) >= 11 is 0. The third kappa shape index (κ3) is 9.49. The van der Waals surface area contributed by atoms with E-state index in [1.807, 2.05) is 30.3 Å². The number of ether oxygens (including phenoxy) is 3. The van der Waals surface area contributed by atoms with Crippen LogP contribution in [-0.4, -0.2) is 30.1 Å². The first kappa shape index (κ1) is 20.7. The molecular weight excluding hydrogens is 324 g/mol. The van der Waals surface area contributed by atoms with Gasteiger partial charge < -0.3 is 14.2 Å². The van der Waals surface area contributed by atoms with Crippen molar-refractivity contribution in [3.8, 4) is 0 Å². The molecule has 0 fully saturated rings. The van der Waals surface area contributed by atoms with E-state index in [-0.39, 0.29) is 26.1 Å². The van der Waals surface area contributed by atoms with Crippen LogP contribution in [0.25, 0.3) is 0 Å². The Morgan fingerprint density at radius 2 is 1.68 bits per heavy atom. The first-order valence-corrected chi connectivity index (χ1v) is 8.23. The summed E-state index contributed by atoms with van der Waals surface area (Å²) in [6.45, 7) is 6.59. The maximum Gasteiger partial charge on any atom is 0.312 e. The molecule has 138 valence electrons. The van der Waals surface area contributed by atoms with Crippen LogP contribution in [0.3, 0.4) is 0 Å². The number of rotatable bonds is 8. The molecule has 6 heteroatoms. The maximum absolute atomic E-state index is 12.2. The summed E-state index contributed by atoms with van der Waals surface area (Å²) in [4.78, 5) is 35.1. The summed E-state index contributed by atoms with van der Waals surface area (Å²) in [5.74, 6) is -2.10. The van der Waals surface area contributed by atoms with Gasteiger partial charge in [-0.25, -0.2) is 0 Å². The van der Waals surface area contributed by atoms with Gasteiger partial charge in [-0.2, -0.15) is 0 Å². The average Bonchev–Trinajstić information content (AvgIpc) is 2.51. The van der Waals surface area contributed by atoms with Crippen molar-refractivity contribution in [3.63, 3.8) is 0 Å². The van der Waals surface area contributed by atoms with E-state index < -0.39 is 29.4 Å². The van der Waals surface area contributed by atoms with Gasteiger partial charge in [-0.05, 0) is 32.8 Å². The molecule has 0 heterocycles. The quantitative estimate of drug-likeness (QED) is 0.530. The molecule has 1 aromatic rings. The fourth-order valence-corrected chi connectivity index (χ4v) is 1.97. The Morgan fingerprint density at radius 1 is 1.04 bits per heavy atom. The van der Waals surface area contributed by atoms with Gasteiger partial charge in [0.2, 0.25) is 0 Å². The predicted molar refractivity (Wildman–Crippen MR) is 91.4 cm³/mol. The second kappa shape index (κ2) is 9.81. The third-order valence-corrected chi connectivity index (χ3v) is 3.17. The van der Waals surface area contributed by atoms with E-state index in [0.717, 1.165) is 5.56 Å². The zero-order valence-corrected chi connectivity index (χ0v) is 15.2. The zero-order chi connectivity index (χ0) is 18.9. The van der Waals surface area contributed by atoms with Crippen LogP contribution < -0.4 is 0 Å². The Hall–Kier alpha value is -2.37. The molecule has 1 aromatic carbocycles. The van der Waals surface area contributed by atoms with Crippen molar-refractivity contribution in [2.24, 2.45) is 5.92 Å². The first-order valence-electron chi connectivity index (χ1n) is 8.23. The molecule has 25 heavy (non-hydrogen) atoms. The van der Waals surface area contributed by atoms with Crippen LogP contribution >= 0.6 is 0 Å².